The number of aryl methyl sites for hydroxylation is 2. The molecule has 1 aliphatic carbocycles. The summed E-state index contributed by atoms with van der Waals surface area (Å²) in [5.74, 6) is 0.782. The first-order valence-corrected chi connectivity index (χ1v) is 31.5. The molecular weight excluding hydrogens is 1120 g/mol. The van der Waals surface area contributed by atoms with Gasteiger partial charge in [0.25, 0.3) is 0 Å². The standard InChI is InChI=1S/C78H89N4O8/c1-9-82(6,7)56-63-53-64(27-23-62(63)57-89-49-48-87-45-44-85-41-40-83)78(65-28-39-77(76(55-65)79(4)5)90-51-50-88-47-46-86-43-42-84-8)74-52-59(3)22-37-72(74)73-38-26-61(54-75(73)78)60-24-31-69(32-25-60)81(68-29-20-58(2)21-30-68)71-35-33-70(34-36-71)80(66-16-12-10-13-17-66)67-18-14-11-15-19-67/h10-39,52-55,83H,9,40-51,56-57H2,1-8H3/q+1. The van der Waals surface area contributed by atoms with Gasteiger partial charge >= 0.3 is 0 Å². The molecule has 1 unspecified atom stereocenters. The minimum absolute atomic E-state index is 0.00557. The second kappa shape index (κ2) is 31.1. The molecule has 9 aromatic carbocycles. The van der Waals surface area contributed by atoms with Crippen LogP contribution in [0, 0.1) is 13.8 Å². The van der Waals surface area contributed by atoms with Crippen molar-refractivity contribution in [2.24, 2.45) is 0 Å². The molecule has 0 saturated heterocycles. The van der Waals surface area contributed by atoms with E-state index in [0.29, 0.717) is 79.3 Å². The lowest BCUT2D eigenvalue weighted by Gasteiger charge is -2.36. The van der Waals surface area contributed by atoms with Crippen LogP contribution in [0.3, 0.4) is 0 Å². The van der Waals surface area contributed by atoms with Crippen LogP contribution < -0.4 is 19.4 Å². The van der Waals surface area contributed by atoms with Gasteiger partial charge in [-0.2, -0.15) is 0 Å². The van der Waals surface area contributed by atoms with E-state index in [1.165, 1.54) is 44.5 Å². The van der Waals surface area contributed by atoms with Gasteiger partial charge in [0.15, 0.2) is 0 Å². The Balaban J connectivity index is 1.06. The molecule has 468 valence electrons. The Morgan fingerprint density at radius 3 is 1.47 bits per heavy atom. The van der Waals surface area contributed by atoms with Crippen molar-refractivity contribution in [1.29, 1.82) is 0 Å². The van der Waals surface area contributed by atoms with Crippen LogP contribution in [0.1, 0.15) is 51.4 Å². The normalized spacial score (nSPS) is 13.5. The highest BCUT2D eigenvalue weighted by Crippen LogP contribution is 2.58. The van der Waals surface area contributed by atoms with E-state index >= 15 is 0 Å². The Bertz CT molecular complexity index is 3670. The number of quaternary nitrogens is 1. The van der Waals surface area contributed by atoms with Gasteiger partial charge in [-0.3, -0.25) is 0 Å². The summed E-state index contributed by atoms with van der Waals surface area (Å²) in [7, 11) is 10.4. The molecule has 90 heavy (non-hydrogen) atoms. The van der Waals surface area contributed by atoms with E-state index in [1.54, 1.807) is 7.11 Å². The molecular formula is C78H89N4O8+. The Labute approximate surface area is 533 Å². The van der Waals surface area contributed by atoms with E-state index in [-0.39, 0.29) is 6.61 Å². The lowest BCUT2D eigenvalue weighted by Crippen LogP contribution is -2.38. The first-order valence-electron chi connectivity index (χ1n) is 31.5. The zero-order valence-electron chi connectivity index (χ0n) is 53.8. The fourth-order valence-corrected chi connectivity index (χ4v) is 12.0. The molecule has 0 spiro atoms. The zero-order chi connectivity index (χ0) is 62.9. The van der Waals surface area contributed by atoms with Crippen LogP contribution in [0.4, 0.5) is 39.8 Å². The zero-order valence-corrected chi connectivity index (χ0v) is 53.8. The average Bonchev–Trinajstić information content (AvgIpc) is 1.51. The number of methoxy groups -OCH3 is 1. The lowest BCUT2D eigenvalue weighted by atomic mass is 9.66. The quantitative estimate of drug-likeness (QED) is 0.0315. The highest BCUT2D eigenvalue weighted by molar-refractivity contribution is 5.90. The third kappa shape index (κ3) is 15.4. The molecule has 10 rings (SSSR count). The van der Waals surface area contributed by atoms with E-state index < -0.39 is 5.41 Å². The predicted molar refractivity (Wildman–Crippen MR) is 366 cm³/mol. The monoisotopic (exact) mass is 1210 g/mol. The maximum absolute atomic E-state index is 9.10. The topological polar surface area (TPSA) is 94.6 Å². The van der Waals surface area contributed by atoms with Crippen molar-refractivity contribution < 1.29 is 42.7 Å². The summed E-state index contributed by atoms with van der Waals surface area (Å²) in [6.07, 6.45) is 0. The first kappa shape index (κ1) is 64.8. The van der Waals surface area contributed by atoms with Crippen molar-refractivity contribution in [3.05, 3.63) is 251 Å². The molecule has 1 aliphatic rings. The lowest BCUT2D eigenvalue weighted by molar-refractivity contribution is -0.901. The Morgan fingerprint density at radius 1 is 0.433 bits per heavy atom. The second-order valence-corrected chi connectivity index (χ2v) is 23.8. The number of hydrogen-bond acceptors (Lipinski definition) is 11. The van der Waals surface area contributed by atoms with Gasteiger partial charge in [0.2, 0.25) is 0 Å². The van der Waals surface area contributed by atoms with Crippen LogP contribution in [0.15, 0.2) is 206 Å². The number of fused-ring (bicyclic) bond motifs is 3. The second-order valence-electron chi connectivity index (χ2n) is 23.8. The van der Waals surface area contributed by atoms with Crippen molar-refractivity contribution in [2.45, 2.75) is 39.3 Å². The van der Waals surface area contributed by atoms with Crippen molar-refractivity contribution in [3.8, 4) is 28.0 Å². The van der Waals surface area contributed by atoms with E-state index in [2.05, 4.69) is 270 Å². The smallest absolute Gasteiger partial charge is 0.142 e. The number of anilines is 7. The maximum Gasteiger partial charge on any atom is 0.142 e. The molecule has 0 amide bonds. The summed E-state index contributed by atoms with van der Waals surface area (Å²) in [4.78, 5) is 6.79. The summed E-state index contributed by atoms with van der Waals surface area (Å²) in [6.45, 7) is 13.7. The van der Waals surface area contributed by atoms with E-state index in [4.69, 9.17) is 38.3 Å². The highest BCUT2D eigenvalue weighted by atomic mass is 16.6. The maximum atomic E-state index is 9.10. The van der Waals surface area contributed by atoms with Crippen molar-refractivity contribution in [2.75, 3.05) is 136 Å². The fraction of sp³-hybridized carbons (Fsp3) is 0.308. The van der Waals surface area contributed by atoms with Gasteiger partial charge in [0.05, 0.1) is 111 Å². The Morgan fingerprint density at radius 2 is 0.900 bits per heavy atom. The van der Waals surface area contributed by atoms with Gasteiger partial charge in [0, 0.05) is 60.9 Å². The molecule has 12 heteroatoms. The van der Waals surface area contributed by atoms with E-state index in [0.717, 1.165) is 85.4 Å². The van der Waals surface area contributed by atoms with Gasteiger partial charge in [0.1, 0.15) is 18.9 Å². The predicted octanol–water partition coefficient (Wildman–Crippen LogP) is 15.5. The van der Waals surface area contributed by atoms with Crippen LogP contribution in [-0.4, -0.2) is 131 Å². The van der Waals surface area contributed by atoms with Gasteiger partial charge in [-0.05, 0) is 168 Å². The molecule has 9 aromatic rings. The largest absolute Gasteiger partial charge is 0.489 e. The Kier molecular flexibility index (Phi) is 22.4. The molecule has 12 nitrogen and oxygen atoms in total. The average molecular weight is 1210 g/mol. The summed E-state index contributed by atoms with van der Waals surface area (Å²) in [5, 5.41) is 9.10. The SMILES string of the molecule is CC[N+](C)(C)Cc1cc(C2(c3ccc(OCCOCCOCCOC)c(N(C)C)c3)c3cc(C)ccc3-c3ccc(-c4ccc(N(c5ccc(C)cc5)c5ccc(N(c6ccccc6)c6ccccc6)cc5)cc4)cc32)ccc1COCCOCCOCCO. The van der Waals surface area contributed by atoms with Crippen molar-refractivity contribution in [3.63, 3.8) is 0 Å². The third-order valence-electron chi connectivity index (χ3n) is 16.9. The first-order chi connectivity index (χ1) is 43.9. The van der Waals surface area contributed by atoms with Gasteiger partial charge in [-0.15, -0.1) is 0 Å². The molecule has 1 atom stereocenters. The third-order valence-corrected chi connectivity index (χ3v) is 16.9. The van der Waals surface area contributed by atoms with Crippen LogP contribution in [0.5, 0.6) is 5.75 Å². The van der Waals surface area contributed by atoms with Crippen LogP contribution >= 0.6 is 0 Å². The molecule has 0 aromatic heterocycles. The van der Waals surface area contributed by atoms with Gasteiger partial charge in [-0.25, -0.2) is 0 Å². The summed E-state index contributed by atoms with van der Waals surface area (Å²) >= 11 is 0. The van der Waals surface area contributed by atoms with Gasteiger partial charge < -0.3 is 57.4 Å². The minimum atomic E-state index is -0.768. The number of rotatable bonds is 33. The molecule has 0 bridgehead atoms. The minimum Gasteiger partial charge on any atom is -0.489 e. The fourth-order valence-electron chi connectivity index (χ4n) is 12.0. The number of para-hydroxylation sites is 2. The summed E-state index contributed by atoms with van der Waals surface area (Å²) in [6, 6.07) is 75.7. The number of aliphatic hydroxyl groups excluding tert-OH is 1. The molecule has 0 aliphatic heterocycles. The highest BCUT2D eigenvalue weighted by Gasteiger charge is 2.47. The Hall–Kier alpha value is -8.14. The van der Waals surface area contributed by atoms with Crippen LogP contribution in [0.2, 0.25) is 0 Å². The molecule has 0 fully saturated rings. The summed E-state index contributed by atoms with van der Waals surface area (Å²) in [5.41, 5.74) is 20.8. The summed E-state index contributed by atoms with van der Waals surface area (Å²) < 4.78 is 41.7. The van der Waals surface area contributed by atoms with Gasteiger partial charge in [-0.1, -0.05) is 120 Å². The number of benzene rings is 9. The number of hydrogen-bond donors (Lipinski definition) is 1. The molecule has 1 N–H and O–H groups in total. The van der Waals surface area contributed by atoms with Crippen LogP contribution in [-0.2, 0) is 47.0 Å². The molecule has 0 radical (unpaired) electrons. The van der Waals surface area contributed by atoms with Crippen molar-refractivity contribution in [1.82, 2.24) is 0 Å². The number of aliphatic hydroxyl groups is 1. The molecule has 0 saturated carbocycles. The van der Waals surface area contributed by atoms with E-state index in [1.807, 2.05) is 0 Å². The van der Waals surface area contributed by atoms with Crippen LogP contribution in [0.25, 0.3) is 22.3 Å². The number of ether oxygens (including phenoxy) is 7. The molecule has 0 heterocycles. The number of nitrogens with zero attached hydrogens (tertiary/aromatic N) is 4. The van der Waals surface area contributed by atoms with Crippen molar-refractivity contribution >= 4 is 39.8 Å². The van der Waals surface area contributed by atoms with E-state index in [9.17, 15) is 0 Å².